The van der Waals surface area contributed by atoms with Crippen LogP contribution >= 0.6 is 0 Å². The molecule has 0 unspecified atom stereocenters. The largest absolute Gasteiger partial charge is 0.369 e. The summed E-state index contributed by atoms with van der Waals surface area (Å²) in [4.78, 5) is 32.0. The minimum Gasteiger partial charge on any atom is -0.369 e. The number of nitrogens with one attached hydrogen (secondary N) is 1. The Kier molecular flexibility index (Phi) is 6.23. The van der Waals surface area contributed by atoms with Crippen molar-refractivity contribution in [2.45, 2.75) is 13.8 Å². The van der Waals surface area contributed by atoms with Crippen LogP contribution in [0.25, 0.3) is 0 Å². The molecule has 1 N–H and O–H groups in total. The van der Waals surface area contributed by atoms with E-state index >= 15 is 0 Å². The van der Waals surface area contributed by atoms with E-state index in [9.17, 15) is 9.59 Å². The molecule has 2 aromatic rings. The highest BCUT2D eigenvalue weighted by Gasteiger charge is 2.38. The molecule has 2 aromatic carbocycles. The molecule has 1 aliphatic heterocycles. The van der Waals surface area contributed by atoms with Crippen molar-refractivity contribution in [2.75, 3.05) is 55.4 Å². The van der Waals surface area contributed by atoms with Gasteiger partial charge in [0.05, 0.1) is 0 Å². The van der Waals surface area contributed by atoms with Gasteiger partial charge in [-0.1, -0.05) is 18.2 Å². The Labute approximate surface area is 173 Å². The number of hydrogen-bond donors (Lipinski definition) is 1. The summed E-state index contributed by atoms with van der Waals surface area (Å²) in [6.07, 6.45) is 0. The van der Waals surface area contributed by atoms with E-state index in [-0.39, 0.29) is 11.8 Å². The minimum absolute atomic E-state index is 0.254. The van der Waals surface area contributed by atoms with Gasteiger partial charge in [0.15, 0.2) is 0 Å². The Hall–Kier alpha value is -2.86. The molecular formula is C23H30N4O2. The number of likely N-dealkylation sites (N-methyl/N-ethyl adjacent to an activating group) is 1. The number of piperazine rings is 1. The van der Waals surface area contributed by atoms with E-state index in [1.165, 1.54) is 4.90 Å². The summed E-state index contributed by atoms with van der Waals surface area (Å²) in [6.45, 7) is 7.39. The fourth-order valence-corrected chi connectivity index (χ4v) is 3.39. The van der Waals surface area contributed by atoms with Crippen LogP contribution in [0, 0.1) is 5.41 Å². The zero-order valence-electron chi connectivity index (χ0n) is 17.7. The number of carbonyl (C=O) groups is 2. The van der Waals surface area contributed by atoms with Gasteiger partial charge in [-0.25, -0.2) is 0 Å². The fourth-order valence-electron chi connectivity index (χ4n) is 3.39. The molecule has 0 spiro atoms. The number of benzene rings is 2. The number of carbonyl (C=O) groups excluding carboxylic acids is 2. The third kappa shape index (κ3) is 4.77. The average Bonchev–Trinajstić information content (AvgIpc) is 2.74. The van der Waals surface area contributed by atoms with Gasteiger partial charge in [0.25, 0.3) is 0 Å². The van der Waals surface area contributed by atoms with Crippen molar-refractivity contribution in [3.63, 3.8) is 0 Å². The molecular weight excluding hydrogens is 364 g/mol. The van der Waals surface area contributed by atoms with Crippen LogP contribution in [0.15, 0.2) is 54.6 Å². The maximum atomic E-state index is 12.9. The zero-order valence-corrected chi connectivity index (χ0v) is 17.7. The second-order valence-corrected chi connectivity index (χ2v) is 8.12. The van der Waals surface area contributed by atoms with Crippen LogP contribution in [-0.4, -0.2) is 57.0 Å². The van der Waals surface area contributed by atoms with Gasteiger partial charge in [-0.05, 0) is 57.3 Å². The monoisotopic (exact) mass is 394 g/mol. The van der Waals surface area contributed by atoms with Gasteiger partial charge >= 0.3 is 0 Å². The lowest BCUT2D eigenvalue weighted by atomic mass is 9.90. The molecule has 1 fully saturated rings. The quantitative estimate of drug-likeness (QED) is 0.792. The summed E-state index contributed by atoms with van der Waals surface area (Å²) in [5.74, 6) is -0.576. The van der Waals surface area contributed by atoms with Crippen LogP contribution in [0.2, 0.25) is 0 Å². The molecule has 0 aromatic heterocycles. The second kappa shape index (κ2) is 8.66. The molecule has 0 radical (unpaired) electrons. The van der Waals surface area contributed by atoms with E-state index in [0.717, 1.165) is 37.6 Å². The third-order valence-electron chi connectivity index (χ3n) is 5.54. The van der Waals surface area contributed by atoms with Crippen molar-refractivity contribution in [1.29, 1.82) is 0 Å². The predicted molar refractivity (Wildman–Crippen MR) is 118 cm³/mol. The molecule has 1 heterocycles. The van der Waals surface area contributed by atoms with Crippen LogP contribution in [0.5, 0.6) is 0 Å². The van der Waals surface area contributed by atoms with E-state index < -0.39 is 5.41 Å². The molecule has 6 heteroatoms. The van der Waals surface area contributed by atoms with Crippen LogP contribution in [0.4, 0.5) is 17.1 Å². The summed E-state index contributed by atoms with van der Waals surface area (Å²) in [5, 5.41) is 2.89. The number of nitrogens with zero attached hydrogens (tertiary/aromatic N) is 3. The highest BCUT2D eigenvalue weighted by Crippen LogP contribution is 2.26. The first kappa shape index (κ1) is 20.9. The molecule has 6 nitrogen and oxygen atoms in total. The maximum Gasteiger partial charge on any atom is 0.241 e. The summed E-state index contributed by atoms with van der Waals surface area (Å²) >= 11 is 0. The molecule has 2 amide bonds. The summed E-state index contributed by atoms with van der Waals surface area (Å²) in [5.41, 5.74) is 1.40. The first-order valence-corrected chi connectivity index (χ1v) is 9.97. The molecule has 0 saturated carbocycles. The van der Waals surface area contributed by atoms with Crippen molar-refractivity contribution in [3.8, 4) is 0 Å². The van der Waals surface area contributed by atoms with Crippen LogP contribution < -0.4 is 15.1 Å². The van der Waals surface area contributed by atoms with E-state index in [4.69, 9.17) is 0 Å². The highest BCUT2D eigenvalue weighted by atomic mass is 16.2. The second-order valence-electron chi connectivity index (χ2n) is 8.12. The molecule has 0 bridgehead atoms. The third-order valence-corrected chi connectivity index (χ3v) is 5.54. The Bertz CT molecular complexity index is 841. The number of amides is 2. The van der Waals surface area contributed by atoms with Crippen LogP contribution in [0.1, 0.15) is 13.8 Å². The maximum absolute atomic E-state index is 12.9. The Morgan fingerprint density at radius 3 is 2.10 bits per heavy atom. The lowest BCUT2D eigenvalue weighted by Gasteiger charge is -2.34. The van der Waals surface area contributed by atoms with Crippen LogP contribution in [0.3, 0.4) is 0 Å². The van der Waals surface area contributed by atoms with Crippen molar-refractivity contribution in [1.82, 2.24) is 4.90 Å². The summed E-state index contributed by atoms with van der Waals surface area (Å²) < 4.78 is 0. The van der Waals surface area contributed by atoms with Crippen LogP contribution in [-0.2, 0) is 9.59 Å². The van der Waals surface area contributed by atoms with Gasteiger partial charge in [0, 0.05) is 50.3 Å². The molecule has 0 aliphatic carbocycles. The molecule has 0 atom stereocenters. The fraction of sp³-hybridized carbons (Fsp3) is 0.391. The number of para-hydroxylation sites is 1. The van der Waals surface area contributed by atoms with Gasteiger partial charge in [0.2, 0.25) is 11.8 Å². The number of rotatable bonds is 5. The minimum atomic E-state index is -1.19. The van der Waals surface area contributed by atoms with Gasteiger partial charge in [-0.15, -0.1) is 0 Å². The average molecular weight is 395 g/mol. The smallest absolute Gasteiger partial charge is 0.241 e. The van der Waals surface area contributed by atoms with Crippen molar-refractivity contribution >= 4 is 28.9 Å². The first-order valence-electron chi connectivity index (χ1n) is 9.97. The van der Waals surface area contributed by atoms with Gasteiger partial charge < -0.3 is 20.0 Å². The van der Waals surface area contributed by atoms with Crippen molar-refractivity contribution in [3.05, 3.63) is 54.6 Å². The van der Waals surface area contributed by atoms with E-state index in [2.05, 4.69) is 22.2 Å². The molecule has 3 rings (SSSR count). The highest BCUT2D eigenvalue weighted by molar-refractivity contribution is 6.14. The van der Waals surface area contributed by atoms with E-state index in [1.54, 1.807) is 20.9 Å². The van der Waals surface area contributed by atoms with E-state index in [1.807, 2.05) is 54.6 Å². The van der Waals surface area contributed by atoms with Gasteiger partial charge in [-0.2, -0.15) is 0 Å². The van der Waals surface area contributed by atoms with E-state index in [0.29, 0.717) is 5.69 Å². The Morgan fingerprint density at radius 1 is 0.931 bits per heavy atom. The summed E-state index contributed by atoms with van der Waals surface area (Å²) in [7, 11) is 3.83. The van der Waals surface area contributed by atoms with Gasteiger partial charge in [-0.3, -0.25) is 9.59 Å². The Balaban J connectivity index is 1.64. The lowest BCUT2D eigenvalue weighted by Crippen LogP contribution is -2.46. The molecule has 29 heavy (non-hydrogen) atoms. The standard InChI is InChI=1S/C23H30N4O2/c1-23(2,22(29)26(4)19-8-6-5-7-9-19)21(28)24-18-10-12-20(13-11-18)27-16-14-25(3)15-17-27/h5-13H,14-17H2,1-4H3,(H,24,28). The normalized spacial score (nSPS) is 15.1. The predicted octanol–water partition coefficient (Wildman–Crippen LogP) is 3.07. The molecule has 1 aliphatic rings. The SMILES string of the molecule is CN1CCN(c2ccc(NC(=O)C(C)(C)C(=O)N(C)c3ccccc3)cc2)CC1. The molecule has 154 valence electrons. The lowest BCUT2D eigenvalue weighted by molar-refractivity contribution is -0.136. The van der Waals surface area contributed by atoms with Crippen molar-refractivity contribution < 1.29 is 9.59 Å². The number of anilines is 3. The zero-order chi connectivity index (χ0) is 21.0. The summed E-state index contributed by atoms with van der Waals surface area (Å²) in [6, 6.07) is 17.2. The van der Waals surface area contributed by atoms with Gasteiger partial charge in [0.1, 0.15) is 5.41 Å². The number of hydrogen-bond acceptors (Lipinski definition) is 4. The molecule has 1 saturated heterocycles. The Morgan fingerprint density at radius 2 is 1.52 bits per heavy atom. The first-order chi connectivity index (χ1) is 13.8. The van der Waals surface area contributed by atoms with Crippen molar-refractivity contribution in [2.24, 2.45) is 5.41 Å². The topological polar surface area (TPSA) is 55.9 Å².